The molecule has 1 unspecified atom stereocenters. The molecule has 23 heavy (non-hydrogen) atoms. The molecule has 1 atom stereocenters. The second kappa shape index (κ2) is 7.99. The molecule has 0 spiro atoms. The molecule has 0 radical (unpaired) electrons. The van der Waals surface area contributed by atoms with Gasteiger partial charge in [-0.2, -0.15) is 0 Å². The van der Waals surface area contributed by atoms with Gasteiger partial charge in [-0.25, -0.2) is 0 Å². The predicted molar refractivity (Wildman–Crippen MR) is 93.2 cm³/mol. The minimum atomic E-state index is -0.183. The van der Waals surface area contributed by atoms with E-state index in [1.165, 1.54) is 0 Å². The van der Waals surface area contributed by atoms with Crippen LogP contribution in [0.5, 0.6) is 5.75 Å². The fraction of sp³-hybridized carbons (Fsp3) is 0.278. The van der Waals surface area contributed by atoms with Crippen LogP contribution in [0.15, 0.2) is 48.5 Å². The molecule has 4 nitrogen and oxygen atoms in total. The number of halogens is 1. The molecule has 1 N–H and O–H groups in total. The Balaban J connectivity index is 2.15. The van der Waals surface area contributed by atoms with Crippen LogP contribution < -0.4 is 10.1 Å². The number of carbonyl (C=O) groups is 1. The maximum atomic E-state index is 12.3. The fourth-order valence-corrected chi connectivity index (χ4v) is 2.66. The van der Waals surface area contributed by atoms with E-state index in [9.17, 15) is 4.79 Å². The van der Waals surface area contributed by atoms with Crippen LogP contribution >= 0.6 is 11.6 Å². The minimum absolute atomic E-state index is 0.00223. The van der Waals surface area contributed by atoms with E-state index in [2.05, 4.69) is 5.32 Å². The van der Waals surface area contributed by atoms with Gasteiger partial charge in [0, 0.05) is 12.1 Å². The van der Waals surface area contributed by atoms with E-state index in [0.717, 1.165) is 11.3 Å². The molecular weight excluding hydrogens is 312 g/mol. The molecule has 2 rings (SSSR count). The van der Waals surface area contributed by atoms with Gasteiger partial charge in [-0.15, -0.1) is 0 Å². The van der Waals surface area contributed by atoms with Crippen molar-refractivity contribution >= 4 is 17.5 Å². The lowest BCUT2D eigenvalue weighted by molar-refractivity contribution is 0.0941. The average molecular weight is 333 g/mol. The SMILES string of the molecule is COc1ccccc1C(CNC(=O)c1ccccc1Cl)N(C)C. The lowest BCUT2D eigenvalue weighted by Gasteiger charge is -2.26. The number of nitrogens with zero attached hydrogens (tertiary/aromatic N) is 1. The van der Waals surface area contributed by atoms with Gasteiger partial charge in [-0.1, -0.05) is 41.9 Å². The number of ether oxygens (including phenoxy) is 1. The predicted octanol–water partition coefficient (Wildman–Crippen LogP) is 3.38. The summed E-state index contributed by atoms with van der Waals surface area (Å²) in [6.07, 6.45) is 0. The summed E-state index contributed by atoms with van der Waals surface area (Å²) < 4.78 is 5.43. The van der Waals surface area contributed by atoms with Crippen molar-refractivity contribution in [3.8, 4) is 5.75 Å². The Morgan fingerprint density at radius 2 is 1.83 bits per heavy atom. The van der Waals surface area contributed by atoms with Crippen molar-refractivity contribution in [1.82, 2.24) is 10.2 Å². The van der Waals surface area contributed by atoms with Crippen molar-refractivity contribution in [3.05, 3.63) is 64.7 Å². The molecule has 0 aromatic heterocycles. The smallest absolute Gasteiger partial charge is 0.252 e. The van der Waals surface area contributed by atoms with Crippen LogP contribution in [0.4, 0.5) is 0 Å². The van der Waals surface area contributed by atoms with Crippen LogP contribution in [0.3, 0.4) is 0 Å². The second-order valence-corrected chi connectivity index (χ2v) is 5.82. The summed E-state index contributed by atoms with van der Waals surface area (Å²) in [6, 6.07) is 14.8. The first-order valence-electron chi connectivity index (χ1n) is 7.36. The Morgan fingerprint density at radius 3 is 2.48 bits per heavy atom. The summed E-state index contributed by atoms with van der Waals surface area (Å²) >= 11 is 6.07. The fourth-order valence-electron chi connectivity index (χ4n) is 2.44. The van der Waals surface area contributed by atoms with E-state index in [0.29, 0.717) is 17.1 Å². The Morgan fingerprint density at radius 1 is 1.17 bits per heavy atom. The summed E-state index contributed by atoms with van der Waals surface area (Å²) in [6.45, 7) is 0.456. The Bertz CT molecular complexity index is 674. The van der Waals surface area contributed by atoms with Gasteiger partial charge in [0.2, 0.25) is 0 Å². The van der Waals surface area contributed by atoms with Crippen LogP contribution in [0.1, 0.15) is 22.0 Å². The lowest BCUT2D eigenvalue weighted by atomic mass is 10.0. The average Bonchev–Trinajstić information content (AvgIpc) is 2.55. The second-order valence-electron chi connectivity index (χ2n) is 5.41. The number of nitrogens with one attached hydrogen (secondary N) is 1. The van der Waals surface area contributed by atoms with Gasteiger partial charge in [0.15, 0.2) is 0 Å². The number of likely N-dealkylation sites (N-methyl/N-ethyl adjacent to an activating group) is 1. The van der Waals surface area contributed by atoms with Crippen molar-refractivity contribution < 1.29 is 9.53 Å². The molecule has 2 aromatic carbocycles. The summed E-state index contributed by atoms with van der Waals surface area (Å²) in [7, 11) is 5.59. The monoisotopic (exact) mass is 332 g/mol. The molecule has 5 heteroatoms. The molecule has 0 bridgehead atoms. The topological polar surface area (TPSA) is 41.6 Å². The molecule has 0 aliphatic carbocycles. The quantitative estimate of drug-likeness (QED) is 0.881. The van der Waals surface area contributed by atoms with Crippen LogP contribution in [0.2, 0.25) is 5.02 Å². The number of amides is 1. The van der Waals surface area contributed by atoms with Crippen molar-refractivity contribution in [3.63, 3.8) is 0 Å². The highest BCUT2D eigenvalue weighted by Crippen LogP contribution is 2.27. The van der Waals surface area contributed by atoms with Crippen molar-refractivity contribution in [1.29, 1.82) is 0 Å². The number of para-hydroxylation sites is 1. The van der Waals surface area contributed by atoms with Gasteiger partial charge in [-0.3, -0.25) is 4.79 Å². The lowest BCUT2D eigenvalue weighted by Crippen LogP contribution is -2.34. The van der Waals surface area contributed by atoms with Crippen LogP contribution in [-0.4, -0.2) is 38.6 Å². The normalized spacial score (nSPS) is 12.0. The highest BCUT2D eigenvalue weighted by molar-refractivity contribution is 6.33. The van der Waals surface area contributed by atoms with Crippen LogP contribution in [-0.2, 0) is 0 Å². The van der Waals surface area contributed by atoms with E-state index in [-0.39, 0.29) is 11.9 Å². The number of hydrogen-bond acceptors (Lipinski definition) is 3. The van der Waals surface area contributed by atoms with Gasteiger partial charge < -0.3 is 15.0 Å². The minimum Gasteiger partial charge on any atom is -0.496 e. The van der Waals surface area contributed by atoms with E-state index in [1.54, 1.807) is 31.4 Å². The van der Waals surface area contributed by atoms with Gasteiger partial charge in [-0.05, 0) is 32.3 Å². The number of methoxy groups -OCH3 is 1. The Hall–Kier alpha value is -2.04. The maximum Gasteiger partial charge on any atom is 0.252 e. The van der Waals surface area contributed by atoms with E-state index in [1.807, 2.05) is 43.3 Å². The van der Waals surface area contributed by atoms with Crippen molar-refractivity contribution in [2.24, 2.45) is 0 Å². The summed E-state index contributed by atoms with van der Waals surface area (Å²) in [5.41, 5.74) is 1.51. The largest absolute Gasteiger partial charge is 0.496 e. The number of hydrogen-bond donors (Lipinski definition) is 1. The number of benzene rings is 2. The third kappa shape index (κ3) is 4.24. The van der Waals surface area contributed by atoms with E-state index < -0.39 is 0 Å². The molecule has 0 aliphatic heterocycles. The van der Waals surface area contributed by atoms with Crippen molar-refractivity contribution in [2.75, 3.05) is 27.7 Å². The highest BCUT2D eigenvalue weighted by Gasteiger charge is 2.19. The molecule has 1 amide bonds. The van der Waals surface area contributed by atoms with Gasteiger partial charge in [0.1, 0.15) is 5.75 Å². The number of rotatable bonds is 6. The molecule has 2 aromatic rings. The third-order valence-electron chi connectivity index (χ3n) is 3.70. The molecule has 0 aliphatic rings. The van der Waals surface area contributed by atoms with Crippen molar-refractivity contribution in [2.45, 2.75) is 6.04 Å². The van der Waals surface area contributed by atoms with E-state index >= 15 is 0 Å². The molecule has 0 saturated heterocycles. The zero-order valence-corrected chi connectivity index (χ0v) is 14.3. The molecule has 0 saturated carbocycles. The zero-order valence-electron chi connectivity index (χ0n) is 13.5. The first-order valence-corrected chi connectivity index (χ1v) is 7.74. The number of carbonyl (C=O) groups excluding carboxylic acids is 1. The Kier molecular flexibility index (Phi) is 6.02. The van der Waals surface area contributed by atoms with Crippen LogP contribution in [0, 0.1) is 0 Å². The Labute approximate surface area is 142 Å². The van der Waals surface area contributed by atoms with Gasteiger partial charge in [0.05, 0.1) is 23.7 Å². The molecule has 122 valence electrons. The third-order valence-corrected chi connectivity index (χ3v) is 4.03. The highest BCUT2D eigenvalue weighted by atomic mass is 35.5. The van der Waals surface area contributed by atoms with Crippen LogP contribution in [0.25, 0.3) is 0 Å². The maximum absolute atomic E-state index is 12.3. The summed E-state index contributed by atoms with van der Waals surface area (Å²) in [5.74, 6) is 0.621. The summed E-state index contributed by atoms with van der Waals surface area (Å²) in [4.78, 5) is 14.4. The first-order chi connectivity index (χ1) is 11.0. The molecular formula is C18H21ClN2O2. The first kappa shape index (κ1) is 17.3. The standard InChI is InChI=1S/C18H21ClN2O2/c1-21(2)16(14-9-5-7-11-17(14)23-3)12-20-18(22)13-8-4-6-10-15(13)19/h4-11,16H,12H2,1-3H3,(H,20,22). The van der Waals surface area contributed by atoms with Gasteiger partial charge >= 0.3 is 0 Å². The zero-order chi connectivity index (χ0) is 16.8. The summed E-state index contributed by atoms with van der Waals surface area (Å²) in [5, 5.41) is 3.40. The molecule has 0 fully saturated rings. The van der Waals surface area contributed by atoms with Gasteiger partial charge in [0.25, 0.3) is 5.91 Å². The molecule has 0 heterocycles. The van der Waals surface area contributed by atoms with E-state index in [4.69, 9.17) is 16.3 Å².